The minimum Gasteiger partial charge on any atom is -0.354 e. The highest BCUT2D eigenvalue weighted by molar-refractivity contribution is 8.13. The van der Waals surface area contributed by atoms with Crippen LogP contribution in [0.5, 0.6) is 0 Å². The fraction of sp³-hybridized carbons (Fsp3) is 0.333. The molecule has 1 aromatic heterocycles. The molecule has 0 fully saturated rings. The predicted octanol–water partition coefficient (Wildman–Crippen LogP) is 0.00522. The van der Waals surface area contributed by atoms with E-state index in [-0.39, 0.29) is 16.3 Å². The molecule has 6 nitrogen and oxygen atoms in total. The van der Waals surface area contributed by atoms with E-state index in [1.54, 1.807) is 0 Å². The first-order valence-electron chi connectivity index (χ1n) is 3.59. The molecule has 78 valence electrons. The molecule has 8 heteroatoms. The van der Waals surface area contributed by atoms with Crippen molar-refractivity contribution in [3.05, 3.63) is 11.4 Å². The molecule has 0 saturated heterocycles. The van der Waals surface area contributed by atoms with Crippen LogP contribution in [0.3, 0.4) is 0 Å². The van der Waals surface area contributed by atoms with Crippen LogP contribution in [0.2, 0.25) is 0 Å². The van der Waals surface area contributed by atoms with E-state index in [2.05, 4.69) is 15.5 Å². The molecular weight excluding hydrogens is 230 g/mol. The lowest BCUT2D eigenvalue weighted by Gasteiger charge is -1.97. The SMILES string of the molecule is CNC(=O)c1n[nH]c(C)c1S(=O)(=O)Cl. The van der Waals surface area contributed by atoms with Gasteiger partial charge in [-0.1, -0.05) is 0 Å². The van der Waals surface area contributed by atoms with Gasteiger partial charge >= 0.3 is 0 Å². The number of hydrogen-bond donors (Lipinski definition) is 2. The first kappa shape index (κ1) is 11.0. The van der Waals surface area contributed by atoms with Crippen molar-refractivity contribution in [2.75, 3.05) is 7.05 Å². The topological polar surface area (TPSA) is 91.9 Å². The summed E-state index contributed by atoms with van der Waals surface area (Å²) in [5, 5.41) is 8.20. The highest BCUT2D eigenvalue weighted by atomic mass is 35.7. The summed E-state index contributed by atoms with van der Waals surface area (Å²) in [5.41, 5.74) is 0.0126. The van der Waals surface area contributed by atoms with E-state index in [0.29, 0.717) is 0 Å². The summed E-state index contributed by atoms with van der Waals surface area (Å²) < 4.78 is 22.2. The summed E-state index contributed by atoms with van der Waals surface area (Å²) in [6.45, 7) is 1.47. The molecule has 0 aliphatic heterocycles. The number of rotatable bonds is 2. The molecule has 1 amide bonds. The maximum absolute atomic E-state index is 11.2. The molecule has 0 bridgehead atoms. The molecule has 0 saturated carbocycles. The van der Waals surface area contributed by atoms with Gasteiger partial charge < -0.3 is 5.32 Å². The fourth-order valence-electron chi connectivity index (χ4n) is 0.990. The number of aryl methyl sites for hydroxylation is 1. The van der Waals surface area contributed by atoms with E-state index in [9.17, 15) is 13.2 Å². The van der Waals surface area contributed by atoms with E-state index < -0.39 is 15.0 Å². The van der Waals surface area contributed by atoms with Crippen molar-refractivity contribution in [3.8, 4) is 0 Å². The number of amides is 1. The minimum atomic E-state index is -3.96. The van der Waals surface area contributed by atoms with Gasteiger partial charge in [-0.05, 0) is 6.92 Å². The highest BCUT2D eigenvalue weighted by Crippen LogP contribution is 2.21. The first-order valence-corrected chi connectivity index (χ1v) is 5.90. The molecule has 1 aromatic rings. The summed E-state index contributed by atoms with van der Waals surface area (Å²) in [5.74, 6) is -0.603. The molecule has 0 unspecified atom stereocenters. The van der Waals surface area contributed by atoms with E-state index in [1.807, 2.05) is 0 Å². The van der Waals surface area contributed by atoms with Crippen molar-refractivity contribution in [2.45, 2.75) is 11.8 Å². The number of aromatic amines is 1. The Hall–Kier alpha value is -1.08. The highest BCUT2D eigenvalue weighted by Gasteiger charge is 2.25. The molecule has 0 aromatic carbocycles. The molecule has 0 atom stereocenters. The Balaban J connectivity index is 3.42. The van der Waals surface area contributed by atoms with Gasteiger partial charge in [0.2, 0.25) is 0 Å². The molecule has 0 spiro atoms. The van der Waals surface area contributed by atoms with Gasteiger partial charge in [-0.25, -0.2) is 8.42 Å². The van der Waals surface area contributed by atoms with Crippen LogP contribution in [-0.2, 0) is 9.05 Å². The molecular formula is C6H8ClN3O3S. The quantitative estimate of drug-likeness (QED) is 0.709. The zero-order valence-corrected chi connectivity index (χ0v) is 9.03. The first-order chi connectivity index (χ1) is 6.38. The molecule has 2 N–H and O–H groups in total. The van der Waals surface area contributed by atoms with Crippen molar-refractivity contribution >= 4 is 25.6 Å². The lowest BCUT2D eigenvalue weighted by molar-refractivity contribution is 0.0955. The van der Waals surface area contributed by atoms with E-state index in [1.165, 1.54) is 14.0 Å². The lowest BCUT2D eigenvalue weighted by atomic mass is 10.3. The number of aromatic nitrogens is 2. The van der Waals surface area contributed by atoms with Crippen LogP contribution in [0.4, 0.5) is 0 Å². The summed E-state index contributed by atoms with van der Waals surface area (Å²) in [7, 11) is 2.56. The third-order valence-corrected chi connectivity index (χ3v) is 3.03. The Kier molecular flexibility index (Phi) is 2.81. The van der Waals surface area contributed by atoms with Gasteiger partial charge in [-0.2, -0.15) is 5.10 Å². The summed E-state index contributed by atoms with van der Waals surface area (Å²) in [6, 6.07) is 0. The second-order valence-corrected chi connectivity index (χ2v) is 5.05. The third-order valence-electron chi connectivity index (χ3n) is 1.58. The average molecular weight is 238 g/mol. The van der Waals surface area contributed by atoms with Crippen LogP contribution >= 0.6 is 10.7 Å². The average Bonchev–Trinajstić information content (AvgIpc) is 2.44. The lowest BCUT2D eigenvalue weighted by Crippen LogP contribution is -2.20. The van der Waals surface area contributed by atoms with Gasteiger partial charge in [-0.15, -0.1) is 0 Å². The van der Waals surface area contributed by atoms with E-state index in [4.69, 9.17) is 10.7 Å². The van der Waals surface area contributed by atoms with Crippen molar-refractivity contribution in [1.29, 1.82) is 0 Å². The number of hydrogen-bond acceptors (Lipinski definition) is 4. The van der Waals surface area contributed by atoms with Crippen LogP contribution in [0.25, 0.3) is 0 Å². The molecule has 1 rings (SSSR count). The number of nitrogens with one attached hydrogen (secondary N) is 2. The number of H-pyrrole nitrogens is 1. The van der Waals surface area contributed by atoms with Crippen molar-refractivity contribution in [3.63, 3.8) is 0 Å². The predicted molar refractivity (Wildman–Crippen MR) is 49.8 cm³/mol. The van der Waals surface area contributed by atoms with Gasteiger partial charge in [0.05, 0.1) is 5.69 Å². The summed E-state index contributed by atoms with van der Waals surface area (Å²) in [4.78, 5) is 10.9. The zero-order chi connectivity index (χ0) is 10.9. The Labute approximate surface area is 85.1 Å². The zero-order valence-electron chi connectivity index (χ0n) is 7.46. The van der Waals surface area contributed by atoms with Crippen LogP contribution in [0.1, 0.15) is 16.2 Å². The van der Waals surface area contributed by atoms with Gasteiger partial charge in [-0.3, -0.25) is 9.89 Å². The van der Waals surface area contributed by atoms with Gasteiger partial charge in [0.15, 0.2) is 5.69 Å². The number of nitrogens with zero attached hydrogens (tertiary/aromatic N) is 1. The van der Waals surface area contributed by atoms with E-state index >= 15 is 0 Å². The standard InChI is InChI=1S/C6H8ClN3O3S/c1-3-5(14(7,12)13)4(10-9-3)6(11)8-2/h1-2H3,(H,8,11)(H,9,10). The normalized spacial score (nSPS) is 11.4. The summed E-state index contributed by atoms with van der Waals surface area (Å²) >= 11 is 0. The smallest absolute Gasteiger partial charge is 0.272 e. The molecule has 1 heterocycles. The number of carbonyl (C=O) groups excluding carboxylic acids is 1. The third kappa shape index (κ3) is 1.88. The van der Waals surface area contributed by atoms with Gasteiger partial charge in [0, 0.05) is 17.7 Å². The Morgan fingerprint density at radius 3 is 2.57 bits per heavy atom. The van der Waals surface area contributed by atoms with Crippen molar-refractivity contribution in [2.24, 2.45) is 0 Å². The Morgan fingerprint density at radius 2 is 2.14 bits per heavy atom. The van der Waals surface area contributed by atoms with Crippen LogP contribution < -0.4 is 5.32 Å². The number of halogens is 1. The van der Waals surface area contributed by atoms with Crippen LogP contribution in [-0.4, -0.2) is 31.6 Å². The maximum atomic E-state index is 11.2. The second-order valence-electron chi connectivity index (χ2n) is 2.54. The van der Waals surface area contributed by atoms with Crippen LogP contribution in [0.15, 0.2) is 4.90 Å². The molecule has 14 heavy (non-hydrogen) atoms. The minimum absolute atomic E-state index is 0.222. The van der Waals surface area contributed by atoms with Gasteiger partial charge in [0.25, 0.3) is 15.0 Å². The largest absolute Gasteiger partial charge is 0.354 e. The number of carbonyl (C=O) groups is 1. The van der Waals surface area contributed by atoms with Crippen molar-refractivity contribution in [1.82, 2.24) is 15.5 Å². The Bertz CT molecular complexity index is 465. The monoisotopic (exact) mass is 237 g/mol. The Morgan fingerprint density at radius 1 is 1.57 bits per heavy atom. The van der Waals surface area contributed by atoms with Gasteiger partial charge in [0.1, 0.15) is 4.90 Å². The molecule has 0 aliphatic carbocycles. The molecule has 0 radical (unpaired) electrons. The molecule has 0 aliphatic rings. The summed E-state index contributed by atoms with van der Waals surface area (Å²) in [6.07, 6.45) is 0. The second kappa shape index (κ2) is 3.58. The van der Waals surface area contributed by atoms with Crippen LogP contribution in [0, 0.1) is 6.92 Å². The van der Waals surface area contributed by atoms with Crippen molar-refractivity contribution < 1.29 is 13.2 Å². The fourth-order valence-corrected chi connectivity index (χ4v) is 2.34. The van der Waals surface area contributed by atoms with E-state index in [0.717, 1.165) is 0 Å². The maximum Gasteiger partial charge on any atom is 0.272 e.